The van der Waals surface area contributed by atoms with Gasteiger partial charge in [-0.3, -0.25) is 0 Å². The Morgan fingerprint density at radius 2 is 1.80 bits per heavy atom. The number of ether oxygens (including phenoxy) is 1. The molecule has 0 fully saturated rings. The minimum Gasteiger partial charge on any atom is -0.494 e. The van der Waals surface area contributed by atoms with Crippen LogP contribution in [0.3, 0.4) is 0 Å². The number of aromatic nitrogens is 3. The number of anilines is 3. The Morgan fingerprint density at radius 1 is 1.04 bits per heavy atom. The van der Waals surface area contributed by atoms with Crippen LogP contribution in [0.4, 0.5) is 17.5 Å². The molecular formula is C19H21N5O. The molecule has 0 saturated carbocycles. The van der Waals surface area contributed by atoms with Crippen LogP contribution in [0.2, 0.25) is 0 Å². The van der Waals surface area contributed by atoms with Gasteiger partial charge in [-0.1, -0.05) is 30.3 Å². The van der Waals surface area contributed by atoms with Crippen LogP contribution < -0.4 is 15.0 Å². The second-order valence-electron chi connectivity index (χ2n) is 5.57. The Kier molecular flexibility index (Phi) is 5.41. The van der Waals surface area contributed by atoms with E-state index in [1.165, 1.54) is 5.56 Å². The van der Waals surface area contributed by atoms with Crippen molar-refractivity contribution in [3.05, 3.63) is 66.4 Å². The standard InChI is InChI=1S/C19H21N5O/c1-3-25-17-11-9-16(10-12-17)21-18-13-20-23-19(22-18)24(2)14-15-7-5-4-6-8-15/h4-13H,3,14H2,1-2H3,(H,21,22,23). The third-order valence-electron chi connectivity index (χ3n) is 3.59. The monoisotopic (exact) mass is 335 g/mol. The number of rotatable bonds is 7. The van der Waals surface area contributed by atoms with Gasteiger partial charge in [0.25, 0.3) is 0 Å². The van der Waals surface area contributed by atoms with Crippen molar-refractivity contribution in [2.24, 2.45) is 0 Å². The van der Waals surface area contributed by atoms with Gasteiger partial charge >= 0.3 is 0 Å². The van der Waals surface area contributed by atoms with E-state index in [9.17, 15) is 0 Å². The lowest BCUT2D eigenvalue weighted by Crippen LogP contribution is -2.19. The van der Waals surface area contributed by atoms with E-state index in [1.54, 1.807) is 6.20 Å². The summed E-state index contributed by atoms with van der Waals surface area (Å²) < 4.78 is 5.45. The van der Waals surface area contributed by atoms with E-state index < -0.39 is 0 Å². The zero-order chi connectivity index (χ0) is 17.5. The number of nitrogens with zero attached hydrogens (tertiary/aromatic N) is 4. The second kappa shape index (κ2) is 8.10. The predicted molar refractivity (Wildman–Crippen MR) is 99.3 cm³/mol. The molecule has 0 amide bonds. The Hall–Kier alpha value is -3.15. The van der Waals surface area contributed by atoms with Crippen molar-refractivity contribution in [1.29, 1.82) is 0 Å². The van der Waals surface area contributed by atoms with Gasteiger partial charge in [0.1, 0.15) is 5.75 Å². The van der Waals surface area contributed by atoms with Gasteiger partial charge < -0.3 is 15.0 Å². The van der Waals surface area contributed by atoms with Gasteiger partial charge in [-0.15, -0.1) is 5.10 Å². The zero-order valence-electron chi connectivity index (χ0n) is 14.4. The molecule has 2 aromatic carbocycles. The van der Waals surface area contributed by atoms with Gasteiger partial charge in [0.2, 0.25) is 5.95 Å². The maximum atomic E-state index is 5.45. The smallest absolute Gasteiger partial charge is 0.247 e. The Balaban J connectivity index is 1.68. The van der Waals surface area contributed by atoms with Gasteiger partial charge in [0, 0.05) is 19.3 Å². The molecule has 0 spiro atoms. The first-order valence-electron chi connectivity index (χ1n) is 8.19. The van der Waals surface area contributed by atoms with Crippen LogP contribution in [0, 0.1) is 0 Å². The van der Waals surface area contributed by atoms with E-state index in [0.29, 0.717) is 18.4 Å². The van der Waals surface area contributed by atoms with Crippen molar-refractivity contribution in [2.75, 3.05) is 23.9 Å². The largest absolute Gasteiger partial charge is 0.494 e. The van der Waals surface area contributed by atoms with E-state index in [2.05, 4.69) is 32.6 Å². The van der Waals surface area contributed by atoms with Gasteiger partial charge in [0.05, 0.1) is 12.8 Å². The fraction of sp³-hybridized carbons (Fsp3) is 0.211. The molecule has 1 aromatic heterocycles. The molecule has 0 radical (unpaired) electrons. The highest BCUT2D eigenvalue weighted by molar-refractivity contribution is 5.57. The predicted octanol–water partition coefficient (Wildman–Crippen LogP) is 3.65. The molecule has 0 saturated heterocycles. The summed E-state index contributed by atoms with van der Waals surface area (Å²) in [6.45, 7) is 3.33. The minimum atomic E-state index is 0.569. The topological polar surface area (TPSA) is 63.2 Å². The maximum Gasteiger partial charge on any atom is 0.247 e. The van der Waals surface area contributed by atoms with E-state index in [0.717, 1.165) is 18.0 Å². The number of benzene rings is 2. The van der Waals surface area contributed by atoms with Crippen molar-refractivity contribution in [1.82, 2.24) is 15.2 Å². The summed E-state index contributed by atoms with van der Waals surface area (Å²) in [5, 5.41) is 11.4. The molecular weight excluding hydrogens is 314 g/mol. The molecule has 25 heavy (non-hydrogen) atoms. The lowest BCUT2D eigenvalue weighted by molar-refractivity contribution is 0.340. The van der Waals surface area contributed by atoms with Crippen molar-refractivity contribution in [3.63, 3.8) is 0 Å². The lowest BCUT2D eigenvalue weighted by atomic mass is 10.2. The van der Waals surface area contributed by atoms with Crippen LogP contribution in [0.1, 0.15) is 12.5 Å². The first kappa shape index (κ1) is 16.7. The number of hydrogen-bond donors (Lipinski definition) is 1. The average Bonchev–Trinajstić information content (AvgIpc) is 2.65. The van der Waals surface area contributed by atoms with Crippen LogP contribution >= 0.6 is 0 Å². The van der Waals surface area contributed by atoms with Crippen molar-refractivity contribution in [2.45, 2.75) is 13.5 Å². The highest BCUT2D eigenvalue weighted by atomic mass is 16.5. The van der Waals surface area contributed by atoms with Crippen LogP contribution in [0.5, 0.6) is 5.75 Å². The summed E-state index contributed by atoms with van der Waals surface area (Å²) in [6.07, 6.45) is 1.61. The average molecular weight is 335 g/mol. The number of nitrogens with one attached hydrogen (secondary N) is 1. The molecule has 0 bridgehead atoms. The van der Waals surface area contributed by atoms with Gasteiger partial charge in [0.15, 0.2) is 5.82 Å². The molecule has 3 rings (SSSR count). The Morgan fingerprint density at radius 3 is 2.52 bits per heavy atom. The van der Waals surface area contributed by atoms with Crippen molar-refractivity contribution < 1.29 is 4.74 Å². The molecule has 6 nitrogen and oxygen atoms in total. The molecule has 3 aromatic rings. The fourth-order valence-electron chi connectivity index (χ4n) is 2.39. The minimum absolute atomic E-state index is 0.569. The first-order chi connectivity index (χ1) is 12.2. The fourth-order valence-corrected chi connectivity index (χ4v) is 2.39. The first-order valence-corrected chi connectivity index (χ1v) is 8.19. The Labute approximate surface area is 147 Å². The third-order valence-corrected chi connectivity index (χ3v) is 3.59. The zero-order valence-corrected chi connectivity index (χ0v) is 14.4. The van der Waals surface area contributed by atoms with Gasteiger partial charge in [-0.2, -0.15) is 10.1 Å². The summed E-state index contributed by atoms with van der Waals surface area (Å²) in [4.78, 5) is 6.50. The molecule has 1 heterocycles. The molecule has 1 N–H and O–H groups in total. The molecule has 128 valence electrons. The molecule has 0 aliphatic rings. The van der Waals surface area contributed by atoms with Crippen molar-refractivity contribution in [3.8, 4) is 5.75 Å². The second-order valence-corrected chi connectivity index (χ2v) is 5.57. The lowest BCUT2D eigenvalue weighted by Gasteiger charge is -2.17. The molecule has 0 aliphatic carbocycles. The summed E-state index contributed by atoms with van der Waals surface area (Å²) >= 11 is 0. The van der Waals surface area contributed by atoms with Crippen LogP contribution in [0.15, 0.2) is 60.8 Å². The molecule has 0 aliphatic heterocycles. The van der Waals surface area contributed by atoms with E-state index in [4.69, 9.17) is 4.74 Å². The quantitative estimate of drug-likeness (QED) is 0.711. The third kappa shape index (κ3) is 4.67. The van der Waals surface area contributed by atoms with Crippen molar-refractivity contribution >= 4 is 17.5 Å². The summed E-state index contributed by atoms with van der Waals surface area (Å²) in [5.41, 5.74) is 2.11. The maximum absolute atomic E-state index is 5.45. The van der Waals surface area contributed by atoms with E-state index in [1.807, 2.05) is 61.3 Å². The van der Waals surface area contributed by atoms with Gasteiger partial charge in [-0.05, 0) is 36.8 Å². The summed E-state index contributed by atoms with van der Waals surface area (Å²) in [6, 6.07) is 17.9. The molecule has 6 heteroatoms. The Bertz CT molecular complexity index is 792. The highest BCUT2D eigenvalue weighted by Gasteiger charge is 2.07. The van der Waals surface area contributed by atoms with Crippen LogP contribution in [-0.2, 0) is 6.54 Å². The highest BCUT2D eigenvalue weighted by Crippen LogP contribution is 2.19. The molecule has 0 unspecified atom stereocenters. The summed E-state index contributed by atoms with van der Waals surface area (Å²) in [7, 11) is 1.95. The van der Waals surface area contributed by atoms with E-state index in [-0.39, 0.29) is 0 Å². The summed E-state index contributed by atoms with van der Waals surface area (Å²) in [5.74, 6) is 2.06. The van der Waals surface area contributed by atoms with Gasteiger partial charge in [-0.25, -0.2) is 0 Å². The van der Waals surface area contributed by atoms with Crippen LogP contribution in [-0.4, -0.2) is 28.8 Å². The number of hydrogen-bond acceptors (Lipinski definition) is 6. The van der Waals surface area contributed by atoms with Crippen LogP contribution in [0.25, 0.3) is 0 Å². The SMILES string of the molecule is CCOc1ccc(Nc2cnnc(N(C)Cc3ccccc3)n2)cc1. The normalized spacial score (nSPS) is 10.3. The van der Waals surface area contributed by atoms with E-state index >= 15 is 0 Å². The molecule has 0 atom stereocenters.